The van der Waals surface area contributed by atoms with Gasteiger partial charge in [0.25, 0.3) is 0 Å². The normalized spacial score (nSPS) is 12.7. The number of para-hydroxylation sites is 3. The third kappa shape index (κ3) is 6.06. The number of fused-ring (bicyclic) bond motifs is 7. The van der Waals surface area contributed by atoms with Crippen molar-refractivity contribution in [2.24, 2.45) is 0 Å². The first-order valence-corrected chi connectivity index (χ1v) is 21.6. The van der Waals surface area contributed by atoms with Crippen molar-refractivity contribution in [2.75, 3.05) is 4.90 Å². The number of furan rings is 1. The summed E-state index contributed by atoms with van der Waals surface area (Å²) in [5.74, 6) is 0.702. The average Bonchev–Trinajstić information content (AvgIpc) is 3.84. The van der Waals surface area contributed by atoms with Crippen LogP contribution >= 0.6 is 0 Å². The molecule has 0 saturated carbocycles. The summed E-state index contributed by atoms with van der Waals surface area (Å²) >= 11 is 0. The van der Waals surface area contributed by atoms with Gasteiger partial charge in [-0.1, -0.05) is 184 Å². The second-order valence-corrected chi connectivity index (χ2v) is 16.9. The van der Waals surface area contributed by atoms with Crippen molar-refractivity contribution in [3.8, 4) is 56.0 Å². The molecule has 0 spiro atoms. The average molecular weight is 808 g/mol. The first kappa shape index (κ1) is 36.7. The van der Waals surface area contributed by atoms with E-state index in [4.69, 9.17) is 14.4 Å². The predicted octanol–water partition coefficient (Wildman–Crippen LogP) is 16.0. The largest absolute Gasteiger partial charge is 0.455 e. The minimum Gasteiger partial charge on any atom is -0.455 e. The van der Waals surface area contributed by atoms with Crippen molar-refractivity contribution >= 4 is 49.9 Å². The molecule has 1 aliphatic carbocycles. The van der Waals surface area contributed by atoms with Crippen molar-refractivity contribution < 1.29 is 4.42 Å². The van der Waals surface area contributed by atoms with Crippen molar-refractivity contribution in [1.82, 2.24) is 9.97 Å². The summed E-state index contributed by atoms with van der Waals surface area (Å²) in [6.45, 7) is 4.68. The van der Waals surface area contributed by atoms with Crippen LogP contribution in [0.4, 0.5) is 17.1 Å². The molecule has 9 aromatic carbocycles. The molecule has 0 radical (unpaired) electrons. The lowest BCUT2D eigenvalue weighted by atomic mass is 9.82. The zero-order valence-electron chi connectivity index (χ0n) is 35.0. The quantitative estimate of drug-likeness (QED) is 0.161. The zero-order valence-corrected chi connectivity index (χ0v) is 35.0. The molecule has 63 heavy (non-hydrogen) atoms. The molecule has 0 unspecified atom stereocenters. The van der Waals surface area contributed by atoms with Crippen LogP contribution in [0.1, 0.15) is 25.0 Å². The highest BCUT2D eigenvalue weighted by molar-refractivity contribution is 6.09. The SMILES string of the molecule is CC1(C)c2ccccc2-c2c(N(c3ccc(-c4nc(-c5ccc(-c6ccccc6)cc5)nc5ccccc45)cc3)c3ccc(-c4cccc5c4oc4ccccc45)cc3)cccc21. The van der Waals surface area contributed by atoms with Gasteiger partial charge in [-0.25, -0.2) is 9.97 Å². The van der Waals surface area contributed by atoms with Gasteiger partial charge in [-0.15, -0.1) is 0 Å². The second-order valence-electron chi connectivity index (χ2n) is 16.9. The van der Waals surface area contributed by atoms with Gasteiger partial charge < -0.3 is 9.32 Å². The number of hydrogen-bond donors (Lipinski definition) is 0. The van der Waals surface area contributed by atoms with Gasteiger partial charge in [0.2, 0.25) is 0 Å². The van der Waals surface area contributed by atoms with Crippen molar-refractivity contribution in [3.63, 3.8) is 0 Å². The Morgan fingerprint density at radius 3 is 1.78 bits per heavy atom. The van der Waals surface area contributed by atoms with Gasteiger partial charge in [-0.05, 0) is 75.8 Å². The Morgan fingerprint density at radius 1 is 0.413 bits per heavy atom. The van der Waals surface area contributed by atoms with E-state index in [2.05, 4.69) is 207 Å². The van der Waals surface area contributed by atoms with Crippen LogP contribution in [-0.2, 0) is 5.41 Å². The first-order valence-electron chi connectivity index (χ1n) is 21.6. The van der Waals surface area contributed by atoms with Crippen LogP contribution in [0.15, 0.2) is 217 Å². The van der Waals surface area contributed by atoms with Crippen molar-refractivity contribution in [1.29, 1.82) is 0 Å². The van der Waals surface area contributed by atoms with Crippen LogP contribution in [0.5, 0.6) is 0 Å². The molecule has 2 aromatic heterocycles. The van der Waals surface area contributed by atoms with Crippen molar-refractivity contribution in [3.05, 3.63) is 223 Å². The van der Waals surface area contributed by atoms with Crippen LogP contribution in [0.3, 0.4) is 0 Å². The van der Waals surface area contributed by atoms with E-state index in [0.717, 1.165) is 83.4 Å². The summed E-state index contributed by atoms with van der Waals surface area (Å²) in [5.41, 5.74) is 18.5. The molecular weight excluding hydrogens is 767 g/mol. The van der Waals surface area contributed by atoms with E-state index in [1.54, 1.807) is 0 Å². The van der Waals surface area contributed by atoms with E-state index in [1.807, 2.05) is 24.3 Å². The molecule has 4 heteroatoms. The van der Waals surface area contributed by atoms with Gasteiger partial charge in [0.1, 0.15) is 11.2 Å². The van der Waals surface area contributed by atoms with Gasteiger partial charge >= 0.3 is 0 Å². The number of nitrogens with zero attached hydrogens (tertiary/aromatic N) is 3. The van der Waals surface area contributed by atoms with Gasteiger partial charge in [0, 0.05) is 55.2 Å². The highest BCUT2D eigenvalue weighted by atomic mass is 16.3. The first-order chi connectivity index (χ1) is 31.0. The van der Waals surface area contributed by atoms with E-state index < -0.39 is 0 Å². The zero-order chi connectivity index (χ0) is 42.1. The summed E-state index contributed by atoms with van der Waals surface area (Å²) in [4.78, 5) is 12.7. The van der Waals surface area contributed by atoms with Crippen LogP contribution in [-0.4, -0.2) is 9.97 Å². The summed E-state index contributed by atoms with van der Waals surface area (Å²) in [6, 6.07) is 75.4. The Morgan fingerprint density at radius 2 is 0.984 bits per heavy atom. The highest BCUT2D eigenvalue weighted by Gasteiger charge is 2.37. The van der Waals surface area contributed by atoms with E-state index in [0.29, 0.717) is 5.82 Å². The molecule has 0 saturated heterocycles. The van der Waals surface area contributed by atoms with Crippen LogP contribution in [0.25, 0.3) is 88.9 Å². The maximum atomic E-state index is 6.47. The smallest absolute Gasteiger partial charge is 0.160 e. The molecule has 12 rings (SSSR count). The van der Waals surface area contributed by atoms with E-state index in [-0.39, 0.29) is 5.41 Å². The lowest BCUT2D eigenvalue weighted by molar-refractivity contribution is 0.660. The Bertz CT molecular complexity index is 3510. The Kier molecular flexibility index (Phi) is 8.48. The van der Waals surface area contributed by atoms with Gasteiger partial charge in [-0.2, -0.15) is 0 Å². The van der Waals surface area contributed by atoms with E-state index in [9.17, 15) is 0 Å². The monoisotopic (exact) mass is 807 g/mol. The molecule has 298 valence electrons. The number of benzene rings is 9. The van der Waals surface area contributed by atoms with Gasteiger partial charge in [0.05, 0.1) is 16.9 Å². The topological polar surface area (TPSA) is 42.2 Å². The molecule has 1 aliphatic rings. The molecule has 0 amide bonds. The minimum atomic E-state index is -0.139. The van der Waals surface area contributed by atoms with Crippen LogP contribution in [0.2, 0.25) is 0 Å². The number of rotatable bonds is 7. The molecule has 0 N–H and O–H groups in total. The predicted molar refractivity (Wildman–Crippen MR) is 261 cm³/mol. The highest BCUT2D eigenvalue weighted by Crippen LogP contribution is 2.54. The molecular formula is C59H41N3O. The fourth-order valence-electron chi connectivity index (χ4n) is 9.75. The lowest BCUT2D eigenvalue weighted by Crippen LogP contribution is -2.16. The molecule has 0 atom stereocenters. The standard InChI is InChI=1S/C59H41N3O/c1-59(2)50-21-9-6-17-48(50)55-51(59)22-13-24-53(55)62(43-34-30-40(31-35-43)45-19-12-20-47-46-16-8-11-25-54(46)63-57(45)47)44-36-32-41(33-37-44)56-49-18-7-10-23-52(49)60-58(61-56)42-28-26-39(27-29-42)38-14-4-3-5-15-38/h3-37H,1-2H3. The Balaban J connectivity index is 0.978. The maximum Gasteiger partial charge on any atom is 0.160 e. The molecule has 0 aliphatic heterocycles. The summed E-state index contributed by atoms with van der Waals surface area (Å²) in [7, 11) is 0. The summed E-state index contributed by atoms with van der Waals surface area (Å²) in [6.07, 6.45) is 0. The lowest BCUT2D eigenvalue weighted by Gasteiger charge is -2.29. The molecule has 0 fully saturated rings. The molecule has 4 nitrogen and oxygen atoms in total. The van der Waals surface area contributed by atoms with Crippen molar-refractivity contribution in [2.45, 2.75) is 19.3 Å². The minimum absolute atomic E-state index is 0.139. The summed E-state index contributed by atoms with van der Waals surface area (Å²) in [5, 5.41) is 3.27. The Hall–Kier alpha value is -8.08. The maximum absolute atomic E-state index is 6.47. The summed E-state index contributed by atoms with van der Waals surface area (Å²) < 4.78 is 6.47. The van der Waals surface area contributed by atoms with E-state index in [1.165, 1.54) is 27.8 Å². The van der Waals surface area contributed by atoms with Crippen LogP contribution in [0, 0.1) is 0 Å². The second kappa shape index (κ2) is 14.5. The number of hydrogen-bond acceptors (Lipinski definition) is 4. The fourth-order valence-corrected chi connectivity index (χ4v) is 9.75. The van der Waals surface area contributed by atoms with Crippen LogP contribution < -0.4 is 4.90 Å². The van der Waals surface area contributed by atoms with E-state index >= 15 is 0 Å². The van der Waals surface area contributed by atoms with Gasteiger partial charge in [0.15, 0.2) is 5.82 Å². The molecule has 2 heterocycles. The third-order valence-electron chi connectivity index (χ3n) is 12.9. The number of aromatic nitrogens is 2. The number of anilines is 3. The molecule has 0 bridgehead atoms. The third-order valence-corrected chi connectivity index (χ3v) is 12.9. The Labute approximate surface area is 366 Å². The fraction of sp³-hybridized carbons (Fsp3) is 0.0508. The van der Waals surface area contributed by atoms with Gasteiger partial charge in [-0.3, -0.25) is 0 Å². The molecule has 11 aromatic rings.